The molecule has 2 heterocycles. The van der Waals surface area contributed by atoms with Crippen molar-refractivity contribution in [2.45, 2.75) is 25.7 Å². The molecule has 0 aliphatic heterocycles. The molecule has 0 bridgehead atoms. The normalized spacial score (nSPS) is 18.3. The van der Waals surface area contributed by atoms with Gasteiger partial charge in [-0.15, -0.1) is 0 Å². The monoisotopic (exact) mass is 284 g/mol. The zero-order valence-corrected chi connectivity index (χ0v) is 11.6. The molecule has 0 saturated carbocycles. The van der Waals surface area contributed by atoms with Gasteiger partial charge in [0.1, 0.15) is 0 Å². The molecule has 2 aromatic heterocycles. The quantitative estimate of drug-likeness (QED) is 0.777. The molecule has 0 amide bonds. The molecule has 0 aromatic carbocycles. The van der Waals surface area contributed by atoms with Gasteiger partial charge in [-0.05, 0) is 49.4 Å². The predicted molar refractivity (Wildman–Crippen MR) is 76.1 cm³/mol. The summed E-state index contributed by atoms with van der Waals surface area (Å²) < 4.78 is 10.3. The van der Waals surface area contributed by atoms with Gasteiger partial charge < -0.3 is 8.83 Å². The molecule has 1 aliphatic rings. The Morgan fingerprint density at radius 2 is 1.81 bits per heavy atom. The number of hydrogen-bond acceptors (Lipinski definition) is 4. The van der Waals surface area contributed by atoms with Gasteiger partial charge >= 0.3 is 0 Å². The molecule has 4 nitrogen and oxygen atoms in total. The van der Waals surface area contributed by atoms with Gasteiger partial charge in [-0.25, -0.2) is 0 Å². The van der Waals surface area contributed by atoms with Crippen LogP contribution in [0.5, 0.6) is 0 Å². The zero-order chi connectivity index (χ0) is 14.7. The smallest absolute Gasteiger partial charge is 0.224 e. The van der Waals surface area contributed by atoms with E-state index in [-0.39, 0.29) is 17.5 Å². The van der Waals surface area contributed by atoms with Gasteiger partial charge in [0.15, 0.2) is 17.3 Å². The first-order valence-corrected chi connectivity index (χ1v) is 7.10. The third-order valence-corrected chi connectivity index (χ3v) is 3.80. The molecule has 1 aliphatic carbocycles. The number of ketones is 2. The lowest BCUT2D eigenvalue weighted by atomic mass is 9.81. The summed E-state index contributed by atoms with van der Waals surface area (Å²) in [6.45, 7) is 0. The van der Waals surface area contributed by atoms with Crippen LogP contribution in [0.3, 0.4) is 0 Å². The largest absolute Gasteiger partial charge is 0.461 e. The van der Waals surface area contributed by atoms with Crippen molar-refractivity contribution in [1.82, 2.24) is 0 Å². The molecule has 0 radical (unpaired) electrons. The number of Topliss-reactive ketones (excluding diaryl/α,β-unsaturated/α-hetero) is 2. The number of carbonyl (C=O) groups excluding carboxylic acids is 2. The van der Waals surface area contributed by atoms with Crippen molar-refractivity contribution in [2.75, 3.05) is 0 Å². The second-order valence-electron chi connectivity index (χ2n) is 5.20. The fraction of sp³-hybridized carbons (Fsp3) is 0.294. The first-order chi connectivity index (χ1) is 10.3. The van der Waals surface area contributed by atoms with Gasteiger partial charge in [0, 0.05) is 12.0 Å². The third kappa shape index (κ3) is 2.89. The topological polar surface area (TPSA) is 60.4 Å². The molecular weight excluding hydrogens is 268 g/mol. The van der Waals surface area contributed by atoms with E-state index in [1.165, 1.54) is 12.5 Å². The summed E-state index contributed by atoms with van der Waals surface area (Å²) in [6, 6.07) is 6.70. The van der Waals surface area contributed by atoms with E-state index in [0.717, 1.165) is 19.3 Å². The molecule has 0 N–H and O–H groups in total. The molecule has 4 heteroatoms. The Labute approximate surface area is 122 Å². The highest BCUT2D eigenvalue weighted by Gasteiger charge is 2.28. The summed E-state index contributed by atoms with van der Waals surface area (Å²) in [5.74, 6) is 0.444. The minimum absolute atomic E-state index is 0.0612. The maximum absolute atomic E-state index is 12.4. The van der Waals surface area contributed by atoms with Gasteiger partial charge in [-0.2, -0.15) is 0 Å². The van der Waals surface area contributed by atoms with Crippen molar-refractivity contribution >= 4 is 11.6 Å². The van der Waals surface area contributed by atoms with Crippen LogP contribution in [0.2, 0.25) is 0 Å². The minimum Gasteiger partial charge on any atom is -0.461 e. The van der Waals surface area contributed by atoms with Gasteiger partial charge in [0.25, 0.3) is 0 Å². The Morgan fingerprint density at radius 1 is 1.10 bits per heavy atom. The lowest BCUT2D eigenvalue weighted by molar-refractivity contribution is 0.0925. The van der Waals surface area contributed by atoms with Crippen molar-refractivity contribution in [1.29, 1.82) is 0 Å². The average Bonchev–Trinajstić information content (AvgIpc) is 3.20. The zero-order valence-electron chi connectivity index (χ0n) is 11.6. The van der Waals surface area contributed by atoms with Crippen LogP contribution in [-0.4, -0.2) is 11.6 Å². The van der Waals surface area contributed by atoms with E-state index >= 15 is 0 Å². The van der Waals surface area contributed by atoms with Crippen molar-refractivity contribution < 1.29 is 18.4 Å². The highest BCUT2D eigenvalue weighted by atomic mass is 16.3. The number of hydrogen-bond donors (Lipinski definition) is 0. The number of furan rings is 2. The predicted octanol–water partition coefficient (Wildman–Crippen LogP) is 4.05. The molecule has 1 atom stereocenters. The summed E-state index contributed by atoms with van der Waals surface area (Å²) in [7, 11) is 0. The van der Waals surface area contributed by atoms with E-state index < -0.39 is 0 Å². The van der Waals surface area contributed by atoms with Crippen molar-refractivity contribution in [3.63, 3.8) is 0 Å². The molecule has 0 spiro atoms. The van der Waals surface area contributed by atoms with Crippen molar-refractivity contribution in [3.8, 4) is 0 Å². The first kappa shape index (κ1) is 13.6. The summed E-state index contributed by atoms with van der Waals surface area (Å²) >= 11 is 0. The lowest BCUT2D eigenvalue weighted by Crippen LogP contribution is -2.19. The summed E-state index contributed by atoms with van der Waals surface area (Å²) in [6.07, 6.45) is 7.90. The van der Waals surface area contributed by atoms with Gasteiger partial charge in [0.05, 0.1) is 12.5 Å². The number of carbonyl (C=O) groups is 2. The van der Waals surface area contributed by atoms with E-state index in [4.69, 9.17) is 8.83 Å². The molecule has 108 valence electrons. The highest BCUT2D eigenvalue weighted by molar-refractivity contribution is 6.07. The summed E-state index contributed by atoms with van der Waals surface area (Å²) in [5, 5.41) is 0. The molecule has 21 heavy (non-hydrogen) atoms. The maximum atomic E-state index is 12.4. The van der Waals surface area contributed by atoms with E-state index in [0.29, 0.717) is 23.5 Å². The van der Waals surface area contributed by atoms with E-state index in [2.05, 4.69) is 0 Å². The Hall–Kier alpha value is -2.36. The molecule has 3 rings (SSSR count). The third-order valence-electron chi connectivity index (χ3n) is 3.80. The number of allylic oxidation sites excluding steroid dienone is 2. The Morgan fingerprint density at radius 3 is 2.48 bits per heavy atom. The van der Waals surface area contributed by atoms with Gasteiger partial charge in [-0.3, -0.25) is 9.59 Å². The summed E-state index contributed by atoms with van der Waals surface area (Å²) in [4.78, 5) is 24.6. The molecule has 2 aromatic rings. The first-order valence-electron chi connectivity index (χ1n) is 7.10. The summed E-state index contributed by atoms with van der Waals surface area (Å²) in [5.41, 5.74) is 0.691. The average molecular weight is 284 g/mol. The molecular formula is C17H16O4. The standard InChI is InChI=1S/C17H16O4/c18-14(15-7-3-9-20-15)11-12-5-1-2-6-13(12)17(19)16-8-4-10-21-16/h3-4,6-10,12H,1-2,5,11H2/t12-/m0/s1. The van der Waals surface area contributed by atoms with Crippen molar-refractivity contribution in [3.05, 3.63) is 60.0 Å². The lowest BCUT2D eigenvalue weighted by Gasteiger charge is -2.22. The molecule has 0 unspecified atom stereocenters. The second-order valence-corrected chi connectivity index (χ2v) is 5.20. The minimum atomic E-state index is -0.114. The molecule has 0 saturated heterocycles. The fourth-order valence-electron chi connectivity index (χ4n) is 2.75. The number of rotatable bonds is 5. The van der Waals surface area contributed by atoms with Crippen LogP contribution in [-0.2, 0) is 0 Å². The second kappa shape index (κ2) is 5.95. The van der Waals surface area contributed by atoms with Crippen LogP contribution >= 0.6 is 0 Å². The van der Waals surface area contributed by atoms with E-state index in [1.54, 1.807) is 24.3 Å². The van der Waals surface area contributed by atoms with Gasteiger partial charge in [0.2, 0.25) is 5.78 Å². The SMILES string of the molecule is O=C(C[C@@H]1CCCC=C1C(=O)c1ccco1)c1ccco1. The highest BCUT2D eigenvalue weighted by Crippen LogP contribution is 2.31. The van der Waals surface area contributed by atoms with Crippen LogP contribution in [0.4, 0.5) is 0 Å². The van der Waals surface area contributed by atoms with Crippen molar-refractivity contribution in [2.24, 2.45) is 5.92 Å². The Bertz CT molecular complexity index is 647. The van der Waals surface area contributed by atoms with Crippen LogP contribution in [0.1, 0.15) is 46.8 Å². The fourth-order valence-corrected chi connectivity index (χ4v) is 2.75. The van der Waals surface area contributed by atoms with E-state index in [9.17, 15) is 9.59 Å². The maximum Gasteiger partial charge on any atom is 0.224 e. The van der Waals surface area contributed by atoms with Crippen LogP contribution in [0.25, 0.3) is 0 Å². The molecule has 0 fully saturated rings. The Balaban J connectivity index is 1.77. The van der Waals surface area contributed by atoms with Gasteiger partial charge in [-0.1, -0.05) is 6.08 Å². The van der Waals surface area contributed by atoms with Crippen LogP contribution in [0, 0.1) is 5.92 Å². The van der Waals surface area contributed by atoms with E-state index in [1.807, 2.05) is 6.08 Å². The van der Waals surface area contributed by atoms with Crippen LogP contribution in [0.15, 0.2) is 57.3 Å². The Kier molecular flexibility index (Phi) is 3.86. The van der Waals surface area contributed by atoms with Crippen LogP contribution < -0.4 is 0 Å².